The second-order valence-corrected chi connectivity index (χ2v) is 7.28. The maximum atomic E-state index is 11.8. The predicted molar refractivity (Wildman–Crippen MR) is 95.2 cm³/mol. The first kappa shape index (κ1) is 16.3. The Bertz CT molecular complexity index is 809. The van der Waals surface area contributed by atoms with Crippen LogP contribution in [0.2, 0.25) is 0 Å². The van der Waals surface area contributed by atoms with E-state index in [1.165, 1.54) is 0 Å². The average molecular weight is 340 g/mol. The summed E-state index contributed by atoms with van der Waals surface area (Å²) >= 11 is 0. The summed E-state index contributed by atoms with van der Waals surface area (Å²) in [7, 11) is 1.81. The van der Waals surface area contributed by atoms with E-state index in [4.69, 9.17) is 14.7 Å². The molecule has 1 aromatic heterocycles. The van der Waals surface area contributed by atoms with Gasteiger partial charge in [-0.2, -0.15) is 0 Å². The van der Waals surface area contributed by atoms with Gasteiger partial charge in [-0.05, 0) is 38.4 Å². The van der Waals surface area contributed by atoms with Crippen molar-refractivity contribution < 1.29 is 9.53 Å². The zero-order valence-electron chi connectivity index (χ0n) is 14.9. The highest BCUT2D eigenvalue weighted by atomic mass is 16.6. The van der Waals surface area contributed by atoms with E-state index in [0.717, 1.165) is 61.3 Å². The fraction of sp³-hybridized carbons (Fsp3) is 0.526. The number of benzene rings is 1. The number of aromatic nitrogens is 2. The molecule has 1 amide bonds. The number of fused-ring (bicyclic) bond motifs is 1. The van der Waals surface area contributed by atoms with Crippen LogP contribution in [0.25, 0.3) is 11.0 Å². The van der Waals surface area contributed by atoms with Gasteiger partial charge in [0.25, 0.3) is 0 Å². The van der Waals surface area contributed by atoms with E-state index in [2.05, 4.69) is 4.90 Å². The summed E-state index contributed by atoms with van der Waals surface area (Å²) in [5.74, 6) is 0. The molecule has 132 valence electrons. The van der Waals surface area contributed by atoms with Gasteiger partial charge < -0.3 is 9.64 Å². The SMILES string of the molecule is Cc1nc2ccccc2nc1CN1CCC[C@]2(CC1)CN(C)C(=O)O2. The van der Waals surface area contributed by atoms with Crippen LogP contribution in [0.1, 0.15) is 30.7 Å². The Hall–Kier alpha value is -2.21. The molecule has 1 spiro atoms. The van der Waals surface area contributed by atoms with Crippen molar-refractivity contribution in [3.8, 4) is 0 Å². The van der Waals surface area contributed by atoms with Crippen LogP contribution < -0.4 is 0 Å². The Balaban J connectivity index is 1.49. The number of aryl methyl sites for hydroxylation is 1. The number of amides is 1. The Labute approximate surface area is 147 Å². The van der Waals surface area contributed by atoms with E-state index in [-0.39, 0.29) is 11.7 Å². The number of likely N-dealkylation sites (N-methyl/N-ethyl adjacent to an activating group) is 1. The van der Waals surface area contributed by atoms with Gasteiger partial charge >= 0.3 is 6.09 Å². The summed E-state index contributed by atoms with van der Waals surface area (Å²) in [5.41, 5.74) is 3.62. The van der Waals surface area contributed by atoms with Crippen LogP contribution in [0.5, 0.6) is 0 Å². The molecule has 6 nitrogen and oxygen atoms in total. The smallest absolute Gasteiger partial charge is 0.410 e. The van der Waals surface area contributed by atoms with Crippen molar-refractivity contribution in [1.29, 1.82) is 0 Å². The minimum Gasteiger partial charge on any atom is -0.441 e. The molecule has 2 fully saturated rings. The monoisotopic (exact) mass is 340 g/mol. The number of hydrogen-bond acceptors (Lipinski definition) is 5. The number of nitrogens with zero attached hydrogens (tertiary/aromatic N) is 4. The second kappa shape index (κ2) is 6.26. The molecule has 25 heavy (non-hydrogen) atoms. The van der Waals surface area contributed by atoms with Crippen molar-refractivity contribution in [2.24, 2.45) is 0 Å². The predicted octanol–water partition coefficient (Wildman–Crippen LogP) is 2.74. The molecule has 6 heteroatoms. The van der Waals surface area contributed by atoms with Crippen molar-refractivity contribution in [3.05, 3.63) is 35.7 Å². The van der Waals surface area contributed by atoms with Crippen LogP contribution in [0.4, 0.5) is 4.79 Å². The zero-order chi connectivity index (χ0) is 17.4. The quantitative estimate of drug-likeness (QED) is 0.841. The molecule has 3 heterocycles. The number of ether oxygens (including phenoxy) is 1. The van der Waals surface area contributed by atoms with Gasteiger partial charge in [-0.15, -0.1) is 0 Å². The summed E-state index contributed by atoms with van der Waals surface area (Å²) in [6.45, 7) is 5.44. The summed E-state index contributed by atoms with van der Waals surface area (Å²) in [6, 6.07) is 8.00. The molecule has 2 aromatic rings. The van der Waals surface area contributed by atoms with Crippen LogP contribution in [-0.2, 0) is 11.3 Å². The van der Waals surface area contributed by atoms with Gasteiger partial charge in [-0.1, -0.05) is 12.1 Å². The first-order chi connectivity index (χ1) is 12.0. The summed E-state index contributed by atoms with van der Waals surface area (Å²) in [4.78, 5) is 25.4. The maximum Gasteiger partial charge on any atom is 0.410 e. The van der Waals surface area contributed by atoms with E-state index in [0.29, 0.717) is 6.54 Å². The maximum absolute atomic E-state index is 11.8. The fourth-order valence-electron chi connectivity index (χ4n) is 3.92. The molecule has 1 atom stereocenters. The number of carbonyl (C=O) groups is 1. The number of carbonyl (C=O) groups excluding carboxylic acids is 1. The Morgan fingerprint density at radius 3 is 2.64 bits per heavy atom. The molecular formula is C19H24N4O2. The highest BCUT2D eigenvalue weighted by Crippen LogP contribution is 2.32. The van der Waals surface area contributed by atoms with E-state index in [9.17, 15) is 4.79 Å². The lowest BCUT2D eigenvalue weighted by atomic mass is 9.95. The fourth-order valence-corrected chi connectivity index (χ4v) is 3.92. The van der Waals surface area contributed by atoms with Crippen LogP contribution in [0, 0.1) is 6.92 Å². The Kier molecular flexibility index (Phi) is 4.07. The van der Waals surface area contributed by atoms with Crippen molar-refractivity contribution >= 4 is 17.1 Å². The third kappa shape index (κ3) is 3.18. The van der Waals surface area contributed by atoms with Gasteiger partial charge in [0.1, 0.15) is 5.60 Å². The third-order valence-electron chi connectivity index (χ3n) is 5.35. The van der Waals surface area contributed by atoms with Gasteiger partial charge in [-0.25, -0.2) is 14.8 Å². The number of para-hydroxylation sites is 2. The summed E-state index contributed by atoms with van der Waals surface area (Å²) in [6.07, 6.45) is 2.65. The lowest BCUT2D eigenvalue weighted by Crippen LogP contribution is -2.35. The average Bonchev–Trinajstić information content (AvgIpc) is 2.75. The van der Waals surface area contributed by atoms with E-state index in [1.54, 1.807) is 4.90 Å². The molecule has 2 aliphatic heterocycles. The molecule has 0 unspecified atom stereocenters. The van der Waals surface area contributed by atoms with Crippen molar-refractivity contribution in [2.45, 2.75) is 38.3 Å². The number of rotatable bonds is 2. The topological polar surface area (TPSA) is 58.6 Å². The van der Waals surface area contributed by atoms with Crippen LogP contribution >= 0.6 is 0 Å². The van der Waals surface area contributed by atoms with Crippen molar-refractivity contribution in [1.82, 2.24) is 19.8 Å². The second-order valence-electron chi connectivity index (χ2n) is 7.28. The molecular weight excluding hydrogens is 316 g/mol. The highest BCUT2D eigenvalue weighted by molar-refractivity contribution is 5.74. The lowest BCUT2D eigenvalue weighted by Gasteiger charge is -2.25. The first-order valence-corrected chi connectivity index (χ1v) is 8.93. The van der Waals surface area contributed by atoms with Gasteiger partial charge in [0.05, 0.1) is 29.0 Å². The number of likely N-dealkylation sites (tertiary alicyclic amines) is 1. The van der Waals surface area contributed by atoms with E-state index >= 15 is 0 Å². The van der Waals surface area contributed by atoms with Gasteiger partial charge in [0.15, 0.2) is 0 Å². The molecule has 0 radical (unpaired) electrons. The minimum absolute atomic E-state index is 0.190. The molecule has 2 saturated heterocycles. The van der Waals surface area contributed by atoms with E-state index < -0.39 is 0 Å². The van der Waals surface area contributed by atoms with Crippen molar-refractivity contribution in [3.63, 3.8) is 0 Å². The summed E-state index contributed by atoms with van der Waals surface area (Å²) in [5, 5.41) is 0. The van der Waals surface area contributed by atoms with Gasteiger partial charge in [0.2, 0.25) is 0 Å². The Morgan fingerprint density at radius 1 is 1.16 bits per heavy atom. The van der Waals surface area contributed by atoms with Crippen LogP contribution in [-0.4, -0.2) is 58.1 Å². The molecule has 0 bridgehead atoms. The van der Waals surface area contributed by atoms with Crippen LogP contribution in [0.15, 0.2) is 24.3 Å². The van der Waals surface area contributed by atoms with Crippen molar-refractivity contribution in [2.75, 3.05) is 26.7 Å². The van der Waals surface area contributed by atoms with Gasteiger partial charge in [-0.3, -0.25) is 4.90 Å². The third-order valence-corrected chi connectivity index (χ3v) is 5.35. The highest BCUT2D eigenvalue weighted by Gasteiger charge is 2.44. The van der Waals surface area contributed by atoms with E-state index in [1.807, 2.05) is 38.2 Å². The largest absolute Gasteiger partial charge is 0.441 e. The minimum atomic E-state index is -0.301. The molecule has 0 N–H and O–H groups in total. The standard InChI is InChI=1S/C19H24N4O2/c1-14-17(21-16-7-4-3-6-15(16)20-14)12-23-10-5-8-19(9-11-23)13-22(2)18(24)25-19/h3-4,6-7H,5,8-13H2,1-2H3/t19-/m0/s1. The molecule has 4 rings (SSSR count). The normalized spacial score (nSPS) is 24.7. The summed E-state index contributed by atoms with van der Waals surface area (Å²) < 4.78 is 5.69. The zero-order valence-corrected chi connectivity index (χ0v) is 14.9. The molecule has 2 aliphatic rings. The van der Waals surface area contributed by atoms with Crippen LogP contribution in [0.3, 0.4) is 0 Å². The lowest BCUT2D eigenvalue weighted by molar-refractivity contribution is 0.0442. The van der Waals surface area contributed by atoms with Gasteiger partial charge in [0, 0.05) is 26.6 Å². The Morgan fingerprint density at radius 2 is 1.92 bits per heavy atom. The number of hydrogen-bond donors (Lipinski definition) is 0. The molecule has 1 aromatic carbocycles. The molecule has 0 aliphatic carbocycles. The first-order valence-electron chi connectivity index (χ1n) is 8.93. The molecule has 0 saturated carbocycles.